The number of likely N-dealkylation sites (tertiary alicyclic amines) is 1. The fraction of sp³-hybridized carbons (Fsp3) is 0.400. The van der Waals surface area contributed by atoms with Gasteiger partial charge in [-0.1, -0.05) is 23.7 Å². The van der Waals surface area contributed by atoms with E-state index in [0.29, 0.717) is 13.1 Å². The number of hydrogen-bond acceptors (Lipinski definition) is 5. The summed E-state index contributed by atoms with van der Waals surface area (Å²) < 4.78 is 1.92. The highest BCUT2D eigenvalue weighted by Gasteiger charge is 2.30. The molecule has 1 aliphatic rings. The second-order valence-electron chi connectivity index (χ2n) is 7.09. The van der Waals surface area contributed by atoms with Crippen molar-refractivity contribution in [1.82, 2.24) is 30.0 Å². The van der Waals surface area contributed by atoms with E-state index in [0.717, 1.165) is 53.5 Å². The Labute approximate surface area is 168 Å². The van der Waals surface area contributed by atoms with E-state index in [2.05, 4.69) is 15.3 Å². The average molecular weight is 399 g/mol. The van der Waals surface area contributed by atoms with E-state index in [1.165, 1.54) is 0 Å². The van der Waals surface area contributed by atoms with Gasteiger partial charge in [-0.25, -0.2) is 14.6 Å². The molecule has 1 N–H and O–H groups in total. The number of halogens is 1. The van der Waals surface area contributed by atoms with Crippen LogP contribution in [0, 0.1) is 0 Å². The Bertz CT molecular complexity index is 988. The smallest absolute Gasteiger partial charge is 0.219 e. The minimum absolute atomic E-state index is 0.113. The molecule has 0 radical (unpaired) electrons. The van der Waals surface area contributed by atoms with E-state index in [-0.39, 0.29) is 11.8 Å². The molecule has 1 aromatic carbocycles. The van der Waals surface area contributed by atoms with Gasteiger partial charge in [0.1, 0.15) is 5.52 Å². The monoisotopic (exact) mass is 398 g/mol. The second kappa shape index (κ2) is 8.24. The second-order valence-corrected chi connectivity index (χ2v) is 7.53. The fourth-order valence-electron chi connectivity index (χ4n) is 3.69. The van der Waals surface area contributed by atoms with Crippen LogP contribution in [0.5, 0.6) is 0 Å². The van der Waals surface area contributed by atoms with Gasteiger partial charge in [0.15, 0.2) is 5.65 Å². The summed E-state index contributed by atoms with van der Waals surface area (Å²) in [6.45, 7) is 5.28. The minimum Gasteiger partial charge on any atom is -0.342 e. The fourth-order valence-corrected chi connectivity index (χ4v) is 3.90. The Morgan fingerprint density at radius 2 is 2.18 bits per heavy atom. The number of rotatable bonds is 6. The number of nitrogens with zero attached hydrogens (tertiary/aromatic N) is 5. The van der Waals surface area contributed by atoms with E-state index in [4.69, 9.17) is 16.7 Å². The van der Waals surface area contributed by atoms with Gasteiger partial charge in [-0.3, -0.25) is 4.79 Å². The van der Waals surface area contributed by atoms with Crippen LogP contribution in [0.1, 0.15) is 30.5 Å². The highest BCUT2D eigenvalue weighted by Crippen LogP contribution is 2.30. The molecule has 28 heavy (non-hydrogen) atoms. The van der Waals surface area contributed by atoms with Crippen LogP contribution in [0.3, 0.4) is 0 Å². The van der Waals surface area contributed by atoms with Gasteiger partial charge in [0, 0.05) is 56.4 Å². The molecule has 0 bridgehead atoms. The van der Waals surface area contributed by atoms with Gasteiger partial charge in [-0.05, 0) is 24.1 Å². The van der Waals surface area contributed by atoms with Crippen molar-refractivity contribution < 1.29 is 4.79 Å². The molecule has 3 heterocycles. The van der Waals surface area contributed by atoms with E-state index < -0.39 is 0 Å². The van der Waals surface area contributed by atoms with Crippen LogP contribution >= 0.6 is 11.6 Å². The summed E-state index contributed by atoms with van der Waals surface area (Å²) in [4.78, 5) is 22.5. The molecule has 3 aromatic rings. The van der Waals surface area contributed by atoms with Crippen molar-refractivity contribution in [3.8, 4) is 0 Å². The first-order valence-electron chi connectivity index (χ1n) is 9.50. The van der Waals surface area contributed by atoms with Crippen molar-refractivity contribution in [2.75, 3.05) is 19.6 Å². The number of carbonyl (C=O) groups excluding carboxylic acids is 1. The summed E-state index contributed by atoms with van der Waals surface area (Å²) in [5.74, 6) is 0.325. The lowest BCUT2D eigenvalue weighted by Gasteiger charge is -2.12. The van der Waals surface area contributed by atoms with Crippen LogP contribution < -0.4 is 5.32 Å². The molecule has 1 aliphatic heterocycles. The van der Waals surface area contributed by atoms with Gasteiger partial charge in [0.25, 0.3) is 0 Å². The van der Waals surface area contributed by atoms with Crippen LogP contribution in [-0.4, -0.2) is 50.2 Å². The predicted octanol–water partition coefficient (Wildman–Crippen LogP) is 2.61. The van der Waals surface area contributed by atoms with Crippen LogP contribution in [-0.2, 0) is 17.9 Å². The van der Waals surface area contributed by atoms with Gasteiger partial charge in [0.05, 0.1) is 12.2 Å². The molecule has 1 atom stereocenters. The lowest BCUT2D eigenvalue weighted by atomic mass is 10.0. The molecular formula is C20H23ClN6O. The van der Waals surface area contributed by atoms with Crippen LogP contribution in [0.25, 0.3) is 11.2 Å². The van der Waals surface area contributed by atoms with Crippen molar-refractivity contribution >= 4 is 28.7 Å². The average Bonchev–Trinajstić information content (AvgIpc) is 3.31. The van der Waals surface area contributed by atoms with Crippen molar-refractivity contribution in [1.29, 1.82) is 0 Å². The van der Waals surface area contributed by atoms with Gasteiger partial charge in [-0.15, -0.1) is 0 Å². The molecule has 4 rings (SSSR count). The zero-order chi connectivity index (χ0) is 19.5. The summed E-state index contributed by atoms with van der Waals surface area (Å²) in [6, 6.07) is 7.83. The van der Waals surface area contributed by atoms with Crippen molar-refractivity contribution in [2.24, 2.45) is 0 Å². The van der Waals surface area contributed by atoms with Crippen LogP contribution in [0.15, 0.2) is 36.7 Å². The molecule has 146 valence electrons. The Balaban J connectivity index is 1.45. The Kier molecular flexibility index (Phi) is 5.54. The molecular weight excluding hydrogens is 376 g/mol. The number of hydrogen-bond donors (Lipinski definition) is 1. The third-order valence-electron chi connectivity index (χ3n) is 5.13. The highest BCUT2D eigenvalue weighted by atomic mass is 35.5. The maximum atomic E-state index is 11.7. The quantitative estimate of drug-likeness (QED) is 0.646. The van der Waals surface area contributed by atoms with Crippen LogP contribution in [0.2, 0.25) is 5.02 Å². The molecule has 8 heteroatoms. The highest BCUT2D eigenvalue weighted by molar-refractivity contribution is 6.30. The molecule has 0 spiro atoms. The first kappa shape index (κ1) is 18.8. The normalized spacial score (nSPS) is 16.8. The number of aromatic nitrogens is 4. The lowest BCUT2D eigenvalue weighted by Crippen LogP contribution is -2.25. The molecule has 0 aliphatic carbocycles. The Morgan fingerprint density at radius 3 is 2.96 bits per heavy atom. The van der Waals surface area contributed by atoms with Crippen molar-refractivity contribution in [3.63, 3.8) is 0 Å². The predicted molar refractivity (Wildman–Crippen MR) is 108 cm³/mol. The maximum Gasteiger partial charge on any atom is 0.219 e. The summed E-state index contributed by atoms with van der Waals surface area (Å²) >= 11 is 6.03. The largest absolute Gasteiger partial charge is 0.342 e. The Morgan fingerprint density at radius 1 is 1.32 bits per heavy atom. The third kappa shape index (κ3) is 4.00. The number of amides is 1. The minimum atomic E-state index is 0.113. The number of carbonyl (C=O) groups is 1. The summed E-state index contributed by atoms with van der Waals surface area (Å²) in [5.41, 5.74) is 3.73. The molecule has 0 saturated carbocycles. The number of benzene rings is 1. The first-order valence-corrected chi connectivity index (χ1v) is 9.87. The van der Waals surface area contributed by atoms with Crippen molar-refractivity contribution in [2.45, 2.75) is 32.4 Å². The number of fused-ring (bicyclic) bond motifs is 1. The maximum absolute atomic E-state index is 11.7. The molecule has 1 fully saturated rings. The SMILES string of the molecule is CC(=O)N1CC[C@@H](c2nn(CCNCc3cccc(Cl)c3)c3nccnc23)C1. The topological polar surface area (TPSA) is 75.9 Å². The van der Waals surface area contributed by atoms with Crippen LogP contribution in [0.4, 0.5) is 0 Å². The summed E-state index contributed by atoms with van der Waals surface area (Å²) in [5, 5.41) is 8.98. The molecule has 1 saturated heterocycles. The summed E-state index contributed by atoms with van der Waals surface area (Å²) in [6.07, 6.45) is 4.31. The summed E-state index contributed by atoms with van der Waals surface area (Å²) in [7, 11) is 0. The molecule has 1 amide bonds. The van der Waals surface area contributed by atoms with Crippen molar-refractivity contribution in [3.05, 3.63) is 52.9 Å². The van der Waals surface area contributed by atoms with Gasteiger partial charge in [0.2, 0.25) is 5.91 Å². The zero-order valence-corrected chi connectivity index (χ0v) is 16.6. The Hall–Kier alpha value is -2.51. The van der Waals surface area contributed by atoms with E-state index >= 15 is 0 Å². The van der Waals surface area contributed by atoms with E-state index in [9.17, 15) is 4.79 Å². The standard InChI is InChI=1S/C20H23ClN6O/c1-14(28)26-9-5-16(13-26)18-19-20(24-7-6-23-19)27(25-18)10-8-22-12-15-3-2-4-17(21)11-15/h2-4,6-7,11,16,22H,5,8-10,12-13H2,1H3/t16-/m1/s1. The van der Waals surface area contributed by atoms with Gasteiger partial charge >= 0.3 is 0 Å². The zero-order valence-electron chi connectivity index (χ0n) is 15.8. The van der Waals surface area contributed by atoms with Gasteiger partial charge < -0.3 is 10.2 Å². The number of nitrogens with one attached hydrogen (secondary N) is 1. The molecule has 7 nitrogen and oxygen atoms in total. The molecule has 0 unspecified atom stereocenters. The molecule has 2 aromatic heterocycles. The van der Waals surface area contributed by atoms with E-state index in [1.807, 2.05) is 33.8 Å². The van der Waals surface area contributed by atoms with Gasteiger partial charge in [-0.2, -0.15) is 5.10 Å². The van der Waals surface area contributed by atoms with E-state index in [1.54, 1.807) is 19.3 Å². The lowest BCUT2D eigenvalue weighted by molar-refractivity contribution is -0.127. The first-order chi connectivity index (χ1) is 13.6. The third-order valence-corrected chi connectivity index (χ3v) is 5.37.